The van der Waals surface area contributed by atoms with Crippen LogP contribution in [0.5, 0.6) is 0 Å². The van der Waals surface area contributed by atoms with Gasteiger partial charge in [-0.1, -0.05) is 24.3 Å². The van der Waals surface area contributed by atoms with Crippen molar-refractivity contribution >= 4 is 23.2 Å². The number of nitrogens with zero attached hydrogens (tertiary/aromatic N) is 1. The molecule has 1 aliphatic heterocycles. The van der Waals surface area contributed by atoms with E-state index in [1.54, 1.807) is 29.4 Å². The summed E-state index contributed by atoms with van der Waals surface area (Å²) in [6, 6.07) is 11.1. The van der Waals surface area contributed by atoms with Gasteiger partial charge < -0.3 is 15.0 Å². The van der Waals surface area contributed by atoms with Gasteiger partial charge in [-0.3, -0.25) is 9.59 Å². The smallest absolute Gasteiger partial charge is 0.254 e. The molecule has 6 heteroatoms. The number of carbonyl (C=O) groups excluding carboxylic acids is 2. The van der Waals surface area contributed by atoms with Crippen molar-refractivity contribution in [2.75, 3.05) is 20.2 Å². The Kier molecular flexibility index (Phi) is 6.29. The number of carbonyl (C=O) groups is 2. The Morgan fingerprint density at radius 1 is 1.26 bits per heavy atom. The van der Waals surface area contributed by atoms with Crippen LogP contribution in [0.2, 0.25) is 0 Å². The predicted octanol–water partition coefficient (Wildman–Crippen LogP) is 3.59. The number of likely N-dealkylation sites (N-methyl/N-ethyl adjacent to an activating group) is 1. The Morgan fingerprint density at radius 3 is 2.74 bits per heavy atom. The van der Waals surface area contributed by atoms with Crippen LogP contribution in [0.15, 0.2) is 41.8 Å². The van der Waals surface area contributed by atoms with E-state index in [0.29, 0.717) is 18.7 Å². The van der Waals surface area contributed by atoms with E-state index < -0.39 is 5.92 Å². The number of rotatable bonds is 7. The third kappa shape index (κ3) is 4.22. The molecule has 27 heavy (non-hydrogen) atoms. The molecule has 0 aliphatic carbocycles. The van der Waals surface area contributed by atoms with Crippen LogP contribution < -0.4 is 5.32 Å². The normalized spacial score (nSPS) is 19.3. The van der Waals surface area contributed by atoms with Crippen molar-refractivity contribution < 1.29 is 14.3 Å². The Labute approximate surface area is 164 Å². The molecule has 5 nitrogen and oxygen atoms in total. The maximum absolute atomic E-state index is 13.1. The van der Waals surface area contributed by atoms with Crippen LogP contribution in [0.4, 0.5) is 0 Å². The molecule has 1 aliphatic rings. The maximum atomic E-state index is 13.1. The van der Waals surface area contributed by atoms with Crippen molar-refractivity contribution in [3.63, 3.8) is 0 Å². The number of thiophene rings is 1. The van der Waals surface area contributed by atoms with Gasteiger partial charge in [-0.05, 0) is 43.3 Å². The van der Waals surface area contributed by atoms with E-state index in [0.717, 1.165) is 16.9 Å². The molecule has 144 valence electrons. The molecule has 0 spiro atoms. The van der Waals surface area contributed by atoms with Gasteiger partial charge in [0.15, 0.2) is 0 Å². The second-order valence-electron chi connectivity index (χ2n) is 7.01. The summed E-state index contributed by atoms with van der Waals surface area (Å²) in [7, 11) is 1.78. The lowest BCUT2D eigenvalue weighted by atomic mass is 9.81. The number of amides is 2. The van der Waals surface area contributed by atoms with Gasteiger partial charge in [-0.15, -0.1) is 11.3 Å². The summed E-state index contributed by atoms with van der Waals surface area (Å²) >= 11 is 1.57. The molecule has 2 atom stereocenters. The van der Waals surface area contributed by atoms with Gasteiger partial charge in [-0.2, -0.15) is 0 Å². The van der Waals surface area contributed by atoms with Crippen molar-refractivity contribution in [3.05, 3.63) is 57.8 Å². The summed E-state index contributed by atoms with van der Waals surface area (Å²) in [6.45, 7) is 5.16. The molecule has 0 saturated carbocycles. The van der Waals surface area contributed by atoms with E-state index in [9.17, 15) is 9.59 Å². The first-order chi connectivity index (χ1) is 13.0. The van der Waals surface area contributed by atoms with Gasteiger partial charge in [0.25, 0.3) is 5.91 Å². The van der Waals surface area contributed by atoms with E-state index in [1.807, 2.05) is 49.6 Å². The van der Waals surface area contributed by atoms with E-state index in [1.165, 1.54) is 0 Å². The highest BCUT2D eigenvalue weighted by atomic mass is 32.1. The molecular weight excluding hydrogens is 360 g/mol. The number of nitrogens with one attached hydrogen (secondary N) is 1. The van der Waals surface area contributed by atoms with Crippen molar-refractivity contribution in [2.24, 2.45) is 0 Å². The molecule has 1 aromatic heterocycles. The second kappa shape index (κ2) is 8.67. The number of hydrogen-bond donors (Lipinski definition) is 1. The van der Waals surface area contributed by atoms with Crippen LogP contribution in [0.1, 0.15) is 53.0 Å². The van der Waals surface area contributed by atoms with Crippen LogP contribution in [-0.4, -0.2) is 43.0 Å². The molecule has 0 fully saturated rings. The first kappa shape index (κ1) is 19.6. The second-order valence-corrected chi connectivity index (χ2v) is 7.98. The third-order valence-electron chi connectivity index (χ3n) is 4.77. The van der Waals surface area contributed by atoms with Crippen molar-refractivity contribution in [1.82, 2.24) is 10.2 Å². The summed E-state index contributed by atoms with van der Waals surface area (Å²) < 4.78 is 5.53. The highest BCUT2D eigenvalue weighted by molar-refractivity contribution is 7.10. The summed E-state index contributed by atoms with van der Waals surface area (Å²) in [5, 5.41) is 5.02. The lowest BCUT2D eigenvalue weighted by Crippen LogP contribution is -2.45. The average Bonchev–Trinajstić information content (AvgIpc) is 3.18. The third-order valence-corrected chi connectivity index (χ3v) is 5.71. The minimum absolute atomic E-state index is 0.0432. The SMILES string of the molecule is CC(C)OCCCNC(=O)C1c2ccccc2C(=O)N(C)C1c1cccs1. The van der Waals surface area contributed by atoms with Crippen LogP contribution in [0, 0.1) is 0 Å². The van der Waals surface area contributed by atoms with Crippen LogP contribution in [0.25, 0.3) is 0 Å². The highest BCUT2D eigenvalue weighted by Gasteiger charge is 2.42. The summed E-state index contributed by atoms with van der Waals surface area (Å²) in [5.41, 5.74) is 1.41. The molecule has 2 aromatic rings. The first-order valence-electron chi connectivity index (χ1n) is 9.29. The number of hydrogen-bond acceptors (Lipinski definition) is 4. The quantitative estimate of drug-likeness (QED) is 0.740. The van der Waals surface area contributed by atoms with Gasteiger partial charge in [0.2, 0.25) is 5.91 Å². The van der Waals surface area contributed by atoms with Crippen LogP contribution in [0.3, 0.4) is 0 Å². The lowest BCUT2D eigenvalue weighted by molar-refractivity contribution is -0.124. The molecular formula is C21H26N2O3S. The minimum atomic E-state index is -0.423. The number of fused-ring (bicyclic) bond motifs is 1. The van der Waals surface area contributed by atoms with E-state index >= 15 is 0 Å². The Bertz CT molecular complexity index is 788. The standard InChI is InChI=1S/C21H26N2O3S/c1-14(2)26-12-7-11-22-20(24)18-15-8-4-5-9-16(15)21(25)23(3)19(18)17-10-6-13-27-17/h4-6,8-10,13-14,18-19H,7,11-12H2,1-3H3,(H,22,24). The fourth-order valence-electron chi connectivity index (χ4n) is 3.49. The van der Waals surface area contributed by atoms with Crippen molar-refractivity contribution in [1.29, 1.82) is 0 Å². The number of ether oxygens (including phenoxy) is 1. The van der Waals surface area contributed by atoms with Gasteiger partial charge in [-0.25, -0.2) is 0 Å². The zero-order chi connectivity index (χ0) is 19.4. The summed E-state index contributed by atoms with van der Waals surface area (Å²) in [4.78, 5) is 28.7. The summed E-state index contributed by atoms with van der Waals surface area (Å²) in [5.74, 6) is -0.517. The van der Waals surface area contributed by atoms with Gasteiger partial charge in [0.1, 0.15) is 0 Å². The topological polar surface area (TPSA) is 58.6 Å². The average molecular weight is 387 g/mol. The van der Waals surface area contributed by atoms with Crippen LogP contribution >= 0.6 is 11.3 Å². The monoisotopic (exact) mass is 386 g/mol. The highest BCUT2D eigenvalue weighted by Crippen LogP contribution is 2.43. The number of benzene rings is 1. The van der Waals surface area contributed by atoms with Crippen LogP contribution in [-0.2, 0) is 9.53 Å². The molecule has 0 saturated heterocycles. The summed E-state index contributed by atoms with van der Waals surface area (Å²) in [6.07, 6.45) is 0.949. The molecule has 2 unspecified atom stereocenters. The van der Waals surface area contributed by atoms with E-state index in [4.69, 9.17) is 4.74 Å². The van der Waals surface area contributed by atoms with Crippen molar-refractivity contribution in [3.8, 4) is 0 Å². The first-order valence-corrected chi connectivity index (χ1v) is 10.2. The molecule has 0 radical (unpaired) electrons. The minimum Gasteiger partial charge on any atom is -0.379 e. The molecule has 1 aromatic carbocycles. The zero-order valence-corrected chi connectivity index (χ0v) is 16.8. The van der Waals surface area contributed by atoms with Crippen molar-refractivity contribution in [2.45, 2.75) is 38.3 Å². The zero-order valence-electron chi connectivity index (χ0n) is 16.0. The molecule has 2 heterocycles. The Hall–Kier alpha value is -2.18. The molecule has 1 N–H and O–H groups in total. The molecule has 3 rings (SSSR count). The van der Waals surface area contributed by atoms with Gasteiger partial charge in [0.05, 0.1) is 18.1 Å². The Morgan fingerprint density at radius 2 is 2.04 bits per heavy atom. The maximum Gasteiger partial charge on any atom is 0.254 e. The molecule has 2 amide bonds. The largest absolute Gasteiger partial charge is 0.379 e. The lowest BCUT2D eigenvalue weighted by Gasteiger charge is -2.39. The van der Waals surface area contributed by atoms with E-state index in [-0.39, 0.29) is 24.0 Å². The fourth-order valence-corrected chi connectivity index (χ4v) is 4.39. The van der Waals surface area contributed by atoms with Gasteiger partial charge in [0, 0.05) is 30.6 Å². The van der Waals surface area contributed by atoms with Gasteiger partial charge >= 0.3 is 0 Å². The predicted molar refractivity (Wildman–Crippen MR) is 107 cm³/mol. The van der Waals surface area contributed by atoms with E-state index in [2.05, 4.69) is 5.32 Å². The Balaban J connectivity index is 1.83. The molecule has 0 bridgehead atoms. The fraction of sp³-hybridized carbons (Fsp3) is 0.429.